The quantitative estimate of drug-likeness (QED) is 0.767. The summed E-state index contributed by atoms with van der Waals surface area (Å²) in [6.07, 6.45) is 3.06. The lowest BCUT2D eigenvalue weighted by Crippen LogP contribution is -2.47. The molecule has 0 aliphatic heterocycles. The number of rotatable bonds is 5. The molecule has 0 heterocycles. The third-order valence-electron chi connectivity index (χ3n) is 5.04. The highest BCUT2D eigenvalue weighted by atomic mass is 35.5. The molecule has 0 spiro atoms. The molecule has 8 heteroatoms. The van der Waals surface area contributed by atoms with Crippen LogP contribution >= 0.6 is 11.6 Å². The molecule has 6 nitrogen and oxygen atoms in total. The van der Waals surface area contributed by atoms with Crippen LogP contribution in [0.3, 0.4) is 0 Å². The van der Waals surface area contributed by atoms with Crippen molar-refractivity contribution in [3.63, 3.8) is 0 Å². The highest BCUT2D eigenvalue weighted by molar-refractivity contribution is 7.92. The number of amides is 2. The Bertz CT molecular complexity index is 1000. The zero-order valence-corrected chi connectivity index (χ0v) is 16.9. The fourth-order valence-corrected chi connectivity index (χ4v) is 5.08. The van der Waals surface area contributed by atoms with Crippen molar-refractivity contribution < 1.29 is 18.0 Å². The number of hydrogen-bond acceptors (Lipinski definition) is 4. The summed E-state index contributed by atoms with van der Waals surface area (Å²) in [5.74, 6) is -0.991. The van der Waals surface area contributed by atoms with Crippen LogP contribution in [0.25, 0.3) is 0 Å². The second kappa shape index (κ2) is 7.93. The van der Waals surface area contributed by atoms with E-state index in [4.69, 9.17) is 11.6 Å². The Balaban J connectivity index is 1.83. The Morgan fingerprint density at radius 1 is 0.964 bits per heavy atom. The van der Waals surface area contributed by atoms with E-state index in [-0.39, 0.29) is 10.6 Å². The molecule has 2 aromatic rings. The summed E-state index contributed by atoms with van der Waals surface area (Å²) in [5.41, 5.74) is 1.12. The third kappa shape index (κ3) is 4.05. The molecule has 1 fully saturated rings. The van der Waals surface area contributed by atoms with E-state index in [0.29, 0.717) is 37.1 Å². The van der Waals surface area contributed by atoms with Crippen molar-refractivity contribution >= 4 is 44.6 Å². The first kappa shape index (κ1) is 20.4. The maximum atomic E-state index is 12.8. The predicted molar refractivity (Wildman–Crippen MR) is 111 cm³/mol. The molecular weight excluding hydrogens is 400 g/mol. The first-order chi connectivity index (χ1) is 13.2. The van der Waals surface area contributed by atoms with Gasteiger partial charge in [0.2, 0.25) is 5.91 Å². The largest absolute Gasteiger partial charge is 0.325 e. The van der Waals surface area contributed by atoms with Crippen molar-refractivity contribution in [2.24, 2.45) is 0 Å². The first-order valence-electron chi connectivity index (χ1n) is 8.90. The van der Waals surface area contributed by atoms with Crippen LogP contribution in [0.1, 0.15) is 36.0 Å². The Morgan fingerprint density at radius 2 is 1.61 bits per heavy atom. The molecule has 3 rings (SSSR count). The lowest BCUT2D eigenvalue weighted by Gasteiger charge is -2.25. The van der Waals surface area contributed by atoms with Crippen molar-refractivity contribution in [2.45, 2.75) is 30.4 Å². The zero-order chi connectivity index (χ0) is 20.4. The van der Waals surface area contributed by atoms with Gasteiger partial charge in [0.1, 0.15) is 0 Å². The lowest BCUT2D eigenvalue weighted by atomic mass is 10.1. The monoisotopic (exact) mass is 420 g/mol. The fourth-order valence-electron chi connectivity index (χ4n) is 3.45. The molecule has 0 atom stereocenters. The summed E-state index contributed by atoms with van der Waals surface area (Å²) in [4.78, 5) is 25.4. The summed E-state index contributed by atoms with van der Waals surface area (Å²) in [6, 6.07) is 13.4. The summed E-state index contributed by atoms with van der Waals surface area (Å²) < 4.78 is 23.1. The second-order valence-electron chi connectivity index (χ2n) is 6.94. The number of carbonyl (C=O) groups is 2. The topological polar surface area (TPSA) is 92.3 Å². The van der Waals surface area contributed by atoms with Gasteiger partial charge < -0.3 is 10.6 Å². The molecular formula is C20H21ClN2O4S. The van der Waals surface area contributed by atoms with Gasteiger partial charge in [-0.3, -0.25) is 9.59 Å². The number of anilines is 2. The van der Waals surface area contributed by atoms with Crippen LogP contribution < -0.4 is 10.6 Å². The number of hydrogen-bond donors (Lipinski definition) is 2. The van der Waals surface area contributed by atoms with Crippen molar-refractivity contribution in [3.8, 4) is 0 Å². The Morgan fingerprint density at radius 3 is 2.21 bits per heavy atom. The maximum Gasteiger partial charge on any atom is 0.257 e. The van der Waals surface area contributed by atoms with Gasteiger partial charge in [0.15, 0.2) is 14.6 Å². The minimum atomic E-state index is -3.58. The van der Waals surface area contributed by atoms with Gasteiger partial charge in [-0.1, -0.05) is 42.6 Å². The average Bonchev–Trinajstić information content (AvgIpc) is 3.15. The predicted octanol–water partition coefficient (Wildman–Crippen LogP) is 3.89. The van der Waals surface area contributed by atoms with E-state index in [0.717, 1.165) is 6.26 Å². The van der Waals surface area contributed by atoms with Gasteiger partial charge in [0.25, 0.3) is 5.91 Å². The molecule has 0 bridgehead atoms. The van der Waals surface area contributed by atoms with E-state index in [1.165, 1.54) is 12.1 Å². The molecule has 28 heavy (non-hydrogen) atoms. The number of nitrogens with one attached hydrogen (secondary N) is 2. The normalized spacial score (nSPS) is 15.8. The van der Waals surface area contributed by atoms with Crippen LogP contribution in [-0.2, 0) is 14.6 Å². The molecule has 1 aliphatic carbocycles. The molecule has 0 aromatic heterocycles. The van der Waals surface area contributed by atoms with Crippen molar-refractivity contribution in [3.05, 3.63) is 59.1 Å². The number of benzene rings is 2. The van der Waals surface area contributed by atoms with Crippen molar-refractivity contribution in [1.82, 2.24) is 0 Å². The number of halogens is 1. The minimum absolute atomic E-state index is 0.183. The van der Waals surface area contributed by atoms with Gasteiger partial charge in [-0.05, 0) is 43.2 Å². The van der Waals surface area contributed by atoms with Gasteiger partial charge in [0.05, 0.1) is 10.6 Å². The van der Waals surface area contributed by atoms with Gasteiger partial charge in [-0.2, -0.15) is 0 Å². The molecule has 1 saturated carbocycles. The Kier molecular flexibility index (Phi) is 5.76. The molecule has 2 N–H and O–H groups in total. The van der Waals surface area contributed by atoms with Crippen molar-refractivity contribution in [2.75, 3.05) is 16.9 Å². The Hall–Kier alpha value is -2.38. The maximum absolute atomic E-state index is 12.8. The van der Waals surface area contributed by atoms with E-state index in [2.05, 4.69) is 10.6 Å². The summed E-state index contributed by atoms with van der Waals surface area (Å²) >= 11 is 6.15. The highest BCUT2D eigenvalue weighted by Crippen LogP contribution is 2.37. The van der Waals surface area contributed by atoms with Crippen molar-refractivity contribution in [1.29, 1.82) is 0 Å². The number of sulfone groups is 1. The van der Waals surface area contributed by atoms with E-state index in [1.54, 1.807) is 30.3 Å². The SMILES string of the molecule is CS(=O)(=O)C1(C(=O)Nc2ccc(Cl)c(C(=O)Nc3ccccc3)c2)CCCC1. The Labute approximate surface area is 169 Å². The van der Waals surface area contributed by atoms with E-state index >= 15 is 0 Å². The summed E-state index contributed by atoms with van der Waals surface area (Å²) in [6.45, 7) is 0. The second-order valence-corrected chi connectivity index (χ2v) is 9.68. The molecule has 0 radical (unpaired) electrons. The number of para-hydroxylation sites is 1. The van der Waals surface area contributed by atoms with Crippen LogP contribution in [0.2, 0.25) is 5.02 Å². The molecule has 1 aliphatic rings. The molecule has 0 unspecified atom stereocenters. The van der Waals surface area contributed by atoms with Crippen LogP contribution in [0, 0.1) is 0 Å². The number of carbonyl (C=O) groups excluding carboxylic acids is 2. The van der Waals surface area contributed by atoms with Crippen LogP contribution in [-0.4, -0.2) is 31.2 Å². The smallest absolute Gasteiger partial charge is 0.257 e. The molecule has 2 amide bonds. The van der Waals surface area contributed by atoms with E-state index in [1.807, 2.05) is 6.07 Å². The average molecular weight is 421 g/mol. The lowest BCUT2D eigenvalue weighted by molar-refractivity contribution is -0.118. The molecule has 148 valence electrons. The summed E-state index contributed by atoms with van der Waals surface area (Å²) in [5, 5.41) is 5.62. The molecule has 0 saturated heterocycles. The summed E-state index contributed by atoms with van der Waals surface area (Å²) in [7, 11) is -3.58. The minimum Gasteiger partial charge on any atom is -0.325 e. The standard InChI is InChI=1S/C20H21ClN2O4S/c1-28(26,27)20(11-5-6-12-20)19(25)23-15-9-10-17(21)16(13-15)18(24)22-14-7-3-2-4-8-14/h2-4,7-10,13H,5-6,11-12H2,1H3,(H,22,24)(H,23,25). The van der Waals surface area contributed by atoms with Gasteiger partial charge in [0, 0.05) is 17.6 Å². The van der Waals surface area contributed by atoms with E-state index < -0.39 is 26.4 Å². The van der Waals surface area contributed by atoms with Crippen LogP contribution in [0.5, 0.6) is 0 Å². The third-order valence-corrected chi connectivity index (χ3v) is 7.38. The van der Waals surface area contributed by atoms with Gasteiger partial charge in [-0.15, -0.1) is 0 Å². The molecule has 2 aromatic carbocycles. The van der Waals surface area contributed by atoms with Gasteiger partial charge in [-0.25, -0.2) is 8.42 Å². The highest BCUT2D eigenvalue weighted by Gasteiger charge is 2.50. The van der Waals surface area contributed by atoms with Crippen LogP contribution in [0.4, 0.5) is 11.4 Å². The van der Waals surface area contributed by atoms with Crippen LogP contribution in [0.15, 0.2) is 48.5 Å². The zero-order valence-electron chi connectivity index (χ0n) is 15.4. The van der Waals surface area contributed by atoms with Gasteiger partial charge >= 0.3 is 0 Å². The first-order valence-corrected chi connectivity index (χ1v) is 11.2. The fraction of sp³-hybridized carbons (Fsp3) is 0.300. The van der Waals surface area contributed by atoms with E-state index in [9.17, 15) is 18.0 Å².